The van der Waals surface area contributed by atoms with Gasteiger partial charge >= 0.3 is 0 Å². The van der Waals surface area contributed by atoms with Gasteiger partial charge in [-0.3, -0.25) is 0 Å². The number of aliphatic hydroxyl groups excluding tert-OH is 1. The van der Waals surface area contributed by atoms with Gasteiger partial charge in [0.05, 0.1) is 0 Å². The van der Waals surface area contributed by atoms with Crippen LogP contribution in [-0.4, -0.2) is 25.4 Å². The number of methoxy groups -OCH3 is 1. The zero-order chi connectivity index (χ0) is 27.7. The van der Waals surface area contributed by atoms with Crippen molar-refractivity contribution >= 4 is 0 Å². The van der Waals surface area contributed by atoms with E-state index in [4.69, 9.17) is 9.84 Å². The van der Waals surface area contributed by atoms with E-state index in [0.29, 0.717) is 12.5 Å². The van der Waals surface area contributed by atoms with Crippen LogP contribution < -0.4 is 0 Å². The van der Waals surface area contributed by atoms with E-state index < -0.39 is 0 Å². The summed E-state index contributed by atoms with van der Waals surface area (Å²) in [6, 6.07) is 0. The first-order valence-electron chi connectivity index (χ1n) is 17.2. The first-order chi connectivity index (χ1) is 18.1. The number of hydrogen-bond acceptors (Lipinski definition) is 2. The highest BCUT2D eigenvalue weighted by Crippen LogP contribution is 2.17. The van der Waals surface area contributed by atoms with Crippen LogP contribution in [0.15, 0.2) is 0 Å². The number of aliphatic hydroxyl groups is 1. The van der Waals surface area contributed by atoms with Crippen molar-refractivity contribution in [3.05, 3.63) is 0 Å². The third kappa shape index (κ3) is 38.1. The monoisotopic (exact) mass is 527 g/mol. The Morgan fingerprint density at radius 1 is 0.432 bits per heavy atom. The van der Waals surface area contributed by atoms with Gasteiger partial charge in [0.15, 0.2) is 0 Å². The molecule has 0 spiro atoms. The maximum Gasteiger partial charge on any atom is 0.0464 e. The summed E-state index contributed by atoms with van der Waals surface area (Å²) in [5.74, 6) is 1.56. The van der Waals surface area contributed by atoms with E-state index >= 15 is 0 Å². The van der Waals surface area contributed by atoms with Crippen LogP contribution in [0.1, 0.15) is 195 Å². The molecule has 0 saturated heterocycles. The van der Waals surface area contributed by atoms with Crippen LogP contribution in [0.4, 0.5) is 0 Å². The Hall–Kier alpha value is -0.0800. The molecule has 37 heavy (non-hydrogen) atoms. The predicted molar refractivity (Wildman–Crippen MR) is 169 cm³/mol. The van der Waals surface area contributed by atoms with Crippen molar-refractivity contribution in [2.45, 2.75) is 195 Å². The molecule has 0 bridgehead atoms. The summed E-state index contributed by atoms with van der Waals surface area (Å²) in [6.07, 6.45) is 36.4. The van der Waals surface area contributed by atoms with Gasteiger partial charge in [-0.2, -0.15) is 0 Å². The summed E-state index contributed by atoms with van der Waals surface area (Å²) in [5, 5.41) is 8.81. The molecule has 0 aromatic rings. The van der Waals surface area contributed by atoms with Crippen molar-refractivity contribution in [1.29, 1.82) is 0 Å². The summed E-state index contributed by atoms with van der Waals surface area (Å²) in [5.41, 5.74) is 0. The molecule has 0 aromatic carbocycles. The van der Waals surface area contributed by atoms with Crippen LogP contribution in [0.25, 0.3) is 0 Å². The molecule has 2 nitrogen and oxygen atoms in total. The van der Waals surface area contributed by atoms with Crippen LogP contribution in [0.3, 0.4) is 0 Å². The van der Waals surface area contributed by atoms with Crippen LogP contribution in [0.5, 0.6) is 0 Å². The molecule has 0 saturated carbocycles. The quantitative estimate of drug-likeness (QED) is 0.0982. The topological polar surface area (TPSA) is 29.5 Å². The highest BCUT2D eigenvalue weighted by Gasteiger charge is 2.02. The lowest BCUT2D eigenvalue weighted by atomic mass is 9.99. The van der Waals surface area contributed by atoms with Crippen LogP contribution >= 0.6 is 0 Å². The highest BCUT2D eigenvalue weighted by atomic mass is 16.5. The second-order valence-electron chi connectivity index (χ2n) is 12.2. The second-order valence-corrected chi connectivity index (χ2v) is 12.2. The van der Waals surface area contributed by atoms with Gasteiger partial charge in [-0.1, -0.05) is 182 Å². The molecule has 0 rings (SSSR count). The van der Waals surface area contributed by atoms with Crippen molar-refractivity contribution in [2.75, 3.05) is 20.3 Å². The maximum atomic E-state index is 8.81. The van der Waals surface area contributed by atoms with Gasteiger partial charge < -0.3 is 9.84 Å². The minimum absolute atomic E-state index is 0.360. The Morgan fingerprint density at radius 2 is 0.730 bits per heavy atom. The Kier molecular flexibility index (Phi) is 37.9. The summed E-state index contributed by atoms with van der Waals surface area (Å²) < 4.78 is 5.12. The molecular formula is C35H74O2. The molecule has 0 aliphatic rings. The second kappa shape index (κ2) is 35.9. The first kappa shape index (κ1) is 39.1. The molecule has 1 N–H and O–H groups in total. The number of ether oxygens (including phenoxy) is 1. The van der Waals surface area contributed by atoms with E-state index in [9.17, 15) is 0 Å². The van der Waals surface area contributed by atoms with Crippen molar-refractivity contribution in [3.8, 4) is 0 Å². The Labute approximate surface area is 236 Å². The fraction of sp³-hybridized carbons (Fsp3) is 1.00. The molecule has 2 atom stereocenters. The van der Waals surface area contributed by atoms with Crippen LogP contribution in [0, 0.1) is 11.8 Å². The largest absolute Gasteiger partial charge is 0.396 e. The summed E-state index contributed by atoms with van der Waals surface area (Å²) in [6.45, 7) is 10.5. The van der Waals surface area contributed by atoms with Crippen molar-refractivity contribution in [1.82, 2.24) is 0 Å². The Morgan fingerprint density at radius 3 is 1.03 bits per heavy atom. The molecule has 2 heteroatoms. The van der Waals surface area contributed by atoms with E-state index in [1.54, 1.807) is 7.11 Å². The molecule has 0 aliphatic heterocycles. The molecule has 226 valence electrons. The van der Waals surface area contributed by atoms with E-state index in [-0.39, 0.29) is 0 Å². The van der Waals surface area contributed by atoms with Crippen molar-refractivity contribution in [2.24, 2.45) is 11.8 Å². The third-order valence-electron chi connectivity index (χ3n) is 8.04. The Balaban J connectivity index is 0. The Bertz CT molecular complexity index is 370. The van der Waals surface area contributed by atoms with E-state index in [2.05, 4.69) is 27.7 Å². The molecule has 0 fully saturated rings. The lowest BCUT2D eigenvalue weighted by Crippen LogP contribution is -1.99. The first-order valence-corrected chi connectivity index (χ1v) is 17.2. The van der Waals surface area contributed by atoms with Gasteiger partial charge in [-0.15, -0.1) is 0 Å². The lowest BCUT2D eigenvalue weighted by Gasteiger charge is -2.10. The molecule has 0 heterocycles. The molecule has 0 amide bonds. The van der Waals surface area contributed by atoms with E-state index in [0.717, 1.165) is 18.9 Å². The maximum absolute atomic E-state index is 8.81. The molecule has 0 radical (unpaired) electrons. The van der Waals surface area contributed by atoms with Crippen LogP contribution in [-0.2, 0) is 4.74 Å². The van der Waals surface area contributed by atoms with Crippen LogP contribution in [0.2, 0.25) is 0 Å². The van der Waals surface area contributed by atoms with Gasteiger partial charge in [0, 0.05) is 20.3 Å². The van der Waals surface area contributed by atoms with Crippen molar-refractivity contribution < 1.29 is 9.84 Å². The van der Waals surface area contributed by atoms with Gasteiger partial charge in [0.1, 0.15) is 0 Å². The molecule has 0 aromatic heterocycles. The SMILES string of the molecule is CCCCCCCCCCCCC[C@@H](C)CCO.CCCCCCCCCCCCC[C@@H](C)CCOC. The fourth-order valence-electron chi connectivity index (χ4n) is 5.14. The minimum atomic E-state index is 0.360. The zero-order valence-corrected chi connectivity index (χ0v) is 26.8. The molecule has 0 aliphatic carbocycles. The number of hydrogen-bond donors (Lipinski definition) is 1. The van der Waals surface area contributed by atoms with E-state index in [1.807, 2.05) is 0 Å². The molecule has 0 unspecified atom stereocenters. The van der Waals surface area contributed by atoms with Gasteiger partial charge in [-0.05, 0) is 24.7 Å². The summed E-state index contributed by atoms with van der Waals surface area (Å²) in [7, 11) is 1.80. The smallest absolute Gasteiger partial charge is 0.0464 e. The predicted octanol–water partition coefficient (Wildman–Crippen LogP) is 12.1. The number of unbranched alkanes of at least 4 members (excludes halogenated alkanes) is 20. The highest BCUT2D eigenvalue weighted by molar-refractivity contribution is 4.55. The zero-order valence-electron chi connectivity index (χ0n) is 26.8. The van der Waals surface area contributed by atoms with Crippen molar-refractivity contribution in [3.63, 3.8) is 0 Å². The van der Waals surface area contributed by atoms with Gasteiger partial charge in [-0.25, -0.2) is 0 Å². The standard InChI is InChI=1S/C18H38O.C17H36O/c1-4-5-6-7-8-9-10-11-12-13-14-15-18(2)16-17-19-3;1-3-4-5-6-7-8-9-10-11-12-13-14-17(2)15-16-18/h18H,4-17H2,1-3H3;17-18H,3-16H2,1-2H3/t18-;17-/m11/s1. The average Bonchev–Trinajstić information content (AvgIpc) is 2.89. The minimum Gasteiger partial charge on any atom is -0.396 e. The molecular weight excluding hydrogens is 452 g/mol. The average molecular weight is 527 g/mol. The number of rotatable bonds is 29. The normalized spacial score (nSPS) is 12.8. The fourth-order valence-corrected chi connectivity index (χ4v) is 5.14. The van der Waals surface area contributed by atoms with Gasteiger partial charge in [0.25, 0.3) is 0 Å². The summed E-state index contributed by atoms with van der Waals surface area (Å²) in [4.78, 5) is 0. The van der Waals surface area contributed by atoms with Gasteiger partial charge in [0.2, 0.25) is 0 Å². The summed E-state index contributed by atoms with van der Waals surface area (Å²) >= 11 is 0. The van der Waals surface area contributed by atoms with E-state index in [1.165, 1.54) is 161 Å². The third-order valence-corrected chi connectivity index (χ3v) is 8.04. The lowest BCUT2D eigenvalue weighted by molar-refractivity contribution is 0.177.